The van der Waals surface area contributed by atoms with Crippen molar-refractivity contribution in [3.05, 3.63) is 22.8 Å². The fourth-order valence-electron chi connectivity index (χ4n) is 1.74. The topological polar surface area (TPSA) is 37.8 Å². The summed E-state index contributed by atoms with van der Waals surface area (Å²) in [5.74, 6) is 3.18. The third-order valence-electron chi connectivity index (χ3n) is 2.42. The molecule has 2 rings (SSSR count). The van der Waals surface area contributed by atoms with Crippen molar-refractivity contribution >= 4 is 11.8 Å². The molecule has 0 bridgehead atoms. The van der Waals surface area contributed by atoms with E-state index in [0.717, 1.165) is 24.5 Å². The van der Waals surface area contributed by atoms with E-state index in [1.165, 1.54) is 22.7 Å². The van der Waals surface area contributed by atoms with Gasteiger partial charge in [-0.3, -0.25) is 0 Å². The Bertz CT molecular complexity index is 338. The summed E-state index contributed by atoms with van der Waals surface area (Å²) >= 11 is 1.96. The predicted molar refractivity (Wildman–Crippen MR) is 59.4 cm³/mol. The molecule has 76 valence electrons. The van der Waals surface area contributed by atoms with Crippen molar-refractivity contribution in [3.8, 4) is 0 Å². The van der Waals surface area contributed by atoms with Gasteiger partial charge in [-0.1, -0.05) is 0 Å². The number of nitrogens with zero attached hydrogens (tertiary/aromatic N) is 2. The Kier molecular flexibility index (Phi) is 3.03. The van der Waals surface area contributed by atoms with Crippen LogP contribution in [0, 0.1) is 6.92 Å². The molecule has 1 aromatic heterocycles. The Morgan fingerprint density at radius 3 is 3.07 bits per heavy atom. The highest BCUT2D eigenvalue weighted by Crippen LogP contribution is 2.24. The lowest BCUT2D eigenvalue weighted by molar-refractivity contribution is 0.737. The first-order valence-electron chi connectivity index (χ1n) is 4.89. The summed E-state index contributed by atoms with van der Waals surface area (Å²) in [5, 5.41) is 3.09. The molecular formula is C10H15N3S. The lowest BCUT2D eigenvalue weighted by Gasteiger charge is -2.17. The van der Waals surface area contributed by atoms with E-state index in [1.54, 1.807) is 0 Å². The maximum atomic E-state index is 4.57. The fraction of sp³-hybridized carbons (Fsp3) is 0.600. The molecule has 0 fully saturated rings. The Morgan fingerprint density at radius 1 is 1.43 bits per heavy atom. The third kappa shape index (κ3) is 1.91. The average Bonchev–Trinajstić information content (AvgIpc) is 2.18. The molecule has 0 aliphatic carbocycles. The van der Waals surface area contributed by atoms with E-state index in [1.807, 2.05) is 18.8 Å². The van der Waals surface area contributed by atoms with Crippen molar-refractivity contribution in [2.75, 3.05) is 12.8 Å². The quantitative estimate of drug-likeness (QED) is 0.796. The van der Waals surface area contributed by atoms with Crippen LogP contribution in [0.3, 0.4) is 0 Å². The molecule has 3 nitrogen and oxygen atoms in total. The SMILES string of the molecule is CNCc1nc(C)c2c(n1)CSCC2. The van der Waals surface area contributed by atoms with E-state index in [4.69, 9.17) is 0 Å². The highest BCUT2D eigenvalue weighted by molar-refractivity contribution is 7.98. The predicted octanol–water partition coefficient (Wildman–Crippen LogP) is 1.29. The Morgan fingerprint density at radius 2 is 2.29 bits per heavy atom. The normalized spacial score (nSPS) is 15.3. The zero-order valence-corrected chi connectivity index (χ0v) is 9.45. The third-order valence-corrected chi connectivity index (χ3v) is 3.39. The molecule has 0 saturated carbocycles. The number of thioether (sulfide) groups is 1. The Hall–Kier alpha value is -0.610. The summed E-state index contributed by atoms with van der Waals surface area (Å²) < 4.78 is 0. The van der Waals surface area contributed by atoms with Gasteiger partial charge in [0.1, 0.15) is 5.82 Å². The zero-order chi connectivity index (χ0) is 9.97. The van der Waals surface area contributed by atoms with Gasteiger partial charge in [0.05, 0.1) is 12.2 Å². The van der Waals surface area contributed by atoms with Gasteiger partial charge in [0.2, 0.25) is 0 Å². The molecule has 0 radical (unpaired) electrons. The minimum Gasteiger partial charge on any atom is -0.313 e. The zero-order valence-electron chi connectivity index (χ0n) is 8.63. The first-order chi connectivity index (χ1) is 6.81. The number of nitrogens with one attached hydrogen (secondary N) is 1. The second kappa shape index (κ2) is 4.28. The molecule has 1 aromatic rings. The second-order valence-electron chi connectivity index (χ2n) is 3.48. The summed E-state index contributed by atoms with van der Waals surface area (Å²) in [5.41, 5.74) is 3.79. The molecule has 14 heavy (non-hydrogen) atoms. The highest BCUT2D eigenvalue weighted by atomic mass is 32.2. The van der Waals surface area contributed by atoms with E-state index in [-0.39, 0.29) is 0 Å². The van der Waals surface area contributed by atoms with Crippen molar-refractivity contribution in [2.24, 2.45) is 0 Å². The minimum absolute atomic E-state index is 0.763. The Balaban J connectivity index is 2.36. The van der Waals surface area contributed by atoms with Crippen LogP contribution in [0.5, 0.6) is 0 Å². The summed E-state index contributed by atoms with van der Waals surface area (Å²) in [7, 11) is 1.92. The van der Waals surface area contributed by atoms with Gasteiger partial charge in [-0.05, 0) is 31.7 Å². The van der Waals surface area contributed by atoms with E-state index in [9.17, 15) is 0 Å². The molecule has 0 spiro atoms. The molecule has 1 aliphatic rings. The molecule has 1 N–H and O–H groups in total. The van der Waals surface area contributed by atoms with E-state index >= 15 is 0 Å². The van der Waals surface area contributed by atoms with Crippen LogP contribution in [0.15, 0.2) is 0 Å². The highest BCUT2D eigenvalue weighted by Gasteiger charge is 2.15. The molecule has 0 saturated heterocycles. The van der Waals surface area contributed by atoms with Crippen molar-refractivity contribution in [1.29, 1.82) is 0 Å². The number of aromatic nitrogens is 2. The molecule has 0 aromatic carbocycles. The average molecular weight is 209 g/mol. The van der Waals surface area contributed by atoms with Crippen LogP contribution in [-0.4, -0.2) is 22.8 Å². The van der Waals surface area contributed by atoms with Crippen molar-refractivity contribution in [1.82, 2.24) is 15.3 Å². The smallest absolute Gasteiger partial charge is 0.142 e. The van der Waals surface area contributed by atoms with Crippen LogP contribution in [0.4, 0.5) is 0 Å². The summed E-state index contributed by atoms with van der Waals surface area (Å²) in [6.45, 7) is 2.86. The lowest BCUT2D eigenvalue weighted by atomic mass is 10.1. The molecule has 0 unspecified atom stereocenters. The maximum Gasteiger partial charge on any atom is 0.142 e. The van der Waals surface area contributed by atoms with Crippen LogP contribution in [0.2, 0.25) is 0 Å². The van der Waals surface area contributed by atoms with Gasteiger partial charge < -0.3 is 5.32 Å². The minimum atomic E-state index is 0.763. The van der Waals surface area contributed by atoms with Crippen molar-refractivity contribution in [2.45, 2.75) is 25.6 Å². The number of hydrogen-bond acceptors (Lipinski definition) is 4. The van der Waals surface area contributed by atoms with Crippen molar-refractivity contribution in [3.63, 3.8) is 0 Å². The molecule has 0 atom stereocenters. The van der Waals surface area contributed by atoms with Crippen molar-refractivity contribution < 1.29 is 0 Å². The van der Waals surface area contributed by atoms with Gasteiger partial charge >= 0.3 is 0 Å². The van der Waals surface area contributed by atoms with Crippen LogP contribution >= 0.6 is 11.8 Å². The first-order valence-corrected chi connectivity index (χ1v) is 6.04. The number of rotatable bonds is 2. The largest absolute Gasteiger partial charge is 0.313 e. The summed E-state index contributed by atoms with van der Waals surface area (Å²) in [4.78, 5) is 9.06. The van der Waals surface area contributed by atoms with E-state index in [0.29, 0.717) is 0 Å². The van der Waals surface area contributed by atoms with E-state index in [2.05, 4.69) is 22.2 Å². The number of aryl methyl sites for hydroxylation is 1. The van der Waals surface area contributed by atoms with Gasteiger partial charge in [-0.15, -0.1) is 0 Å². The molecular weight excluding hydrogens is 194 g/mol. The van der Waals surface area contributed by atoms with Gasteiger partial charge in [0, 0.05) is 11.4 Å². The fourth-order valence-corrected chi connectivity index (χ4v) is 2.67. The van der Waals surface area contributed by atoms with Gasteiger partial charge in [-0.2, -0.15) is 11.8 Å². The molecule has 1 aliphatic heterocycles. The van der Waals surface area contributed by atoms with Gasteiger partial charge in [0.25, 0.3) is 0 Å². The Labute approximate surface area is 88.7 Å². The van der Waals surface area contributed by atoms with Gasteiger partial charge in [0.15, 0.2) is 0 Å². The van der Waals surface area contributed by atoms with Crippen LogP contribution in [0.1, 0.15) is 22.8 Å². The number of hydrogen-bond donors (Lipinski definition) is 1. The van der Waals surface area contributed by atoms with E-state index < -0.39 is 0 Å². The standard InChI is InChI=1S/C10H15N3S/c1-7-8-3-4-14-6-9(8)13-10(12-7)5-11-2/h11H,3-6H2,1-2H3. The lowest BCUT2D eigenvalue weighted by Crippen LogP contribution is -2.15. The van der Waals surface area contributed by atoms with Gasteiger partial charge in [-0.25, -0.2) is 9.97 Å². The molecule has 4 heteroatoms. The summed E-state index contributed by atoms with van der Waals surface area (Å²) in [6, 6.07) is 0. The molecule has 0 amide bonds. The first kappa shape index (κ1) is 9.93. The summed E-state index contributed by atoms with van der Waals surface area (Å²) in [6.07, 6.45) is 1.13. The van der Waals surface area contributed by atoms with Crippen LogP contribution in [0.25, 0.3) is 0 Å². The monoisotopic (exact) mass is 209 g/mol. The van der Waals surface area contributed by atoms with Crippen LogP contribution < -0.4 is 5.32 Å². The van der Waals surface area contributed by atoms with Crippen LogP contribution in [-0.2, 0) is 18.7 Å². The molecule has 2 heterocycles. The number of fused-ring (bicyclic) bond motifs is 1. The maximum absolute atomic E-state index is 4.57. The second-order valence-corrected chi connectivity index (χ2v) is 4.59.